The molecule has 0 aliphatic rings. The van der Waals surface area contributed by atoms with E-state index in [0.29, 0.717) is 13.0 Å². The Hall–Kier alpha value is -2.82. The standard InChI is InChI=1S/C20H24N2O3/c1-14-5-4-6-18(15(14)2)22-20(24)13-19(23)21-12-11-16-7-9-17(25-3)10-8-16/h4-10H,11-13H2,1-3H3,(H,21,23)(H,22,24). The Kier molecular flexibility index (Phi) is 6.57. The molecule has 2 N–H and O–H groups in total. The van der Waals surface area contributed by atoms with E-state index in [0.717, 1.165) is 28.1 Å². The Morgan fingerprint density at radius 1 is 1.00 bits per heavy atom. The average Bonchev–Trinajstić information content (AvgIpc) is 2.59. The molecule has 0 radical (unpaired) electrons. The van der Waals surface area contributed by atoms with E-state index in [4.69, 9.17) is 4.74 Å². The van der Waals surface area contributed by atoms with Gasteiger partial charge in [-0.3, -0.25) is 9.59 Å². The minimum Gasteiger partial charge on any atom is -0.497 e. The molecule has 0 fully saturated rings. The summed E-state index contributed by atoms with van der Waals surface area (Å²) in [7, 11) is 1.62. The summed E-state index contributed by atoms with van der Waals surface area (Å²) in [5.74, 6) is 0.211. The number of aryl methyl sites for hydroxylation is 1. The van der Waals surface area contributed by atoms with Crippen LogP contribution in [0.2, 0.25) is 0 Å². The molecular weight excluding hydrogens is 316 g/mol. The summed E-state index contributed by atoms with van der Waals surface area (Å²) in [6.45, 7) is 4.42. The van der Waals surface area contributed by atoms with Crippen molar-refractivity contribution in [2.24, 2.45) is 0 Å². The molecule has 5 nitrogen and oxygen atoms in total. The summed E-state index contributed by atoms with van der Waals surface area (Å²) in [6, 6.07) is 13.4. The lowest BCUT2D eigenvalue weighted by atomic mass is 10.1. The van der Waals surface area contributed by atoms with Gasteiger partial charge in [0.25, 0.3) is 0 Å². The molecule has 0 bridgehead atoms. The first-order valence-electron chi connectivity index (χ1n) is 8.25. The van der Waals surface area contributed by atoms with E-state index in [9.17, 15) is 9.59 Å². The number of nitrogens with one attached hydrogen (secondary N) is 2. The van der Waals surface area contributed by atoms with E-state index >= 15 is 0 Å². The normalized spacial score (nSPS) is 10.2. The molecule has 0 unspecified atom stereocenters. The molecule has 132 valence electrons. The zero-order valence-electron chi connectivity index (χ0n) is 14.9. The van der Waals surface area contributed by atoms with Gasteiger partial charge >= 0.3 is 0 Å². The second-order valence-electron chi connectivity index (χ2n) is 5.92. The van der Waals surface area contributed by atoms with Crippen molar-refractivity contribution in [1.29, 1.82) is 0 Å². The number of methoxy groups -OCH3 is 1. The molecule has 5 heteroatoms. The van der Waals surface area contributed by atoms with Crippen LogP contribution in [0.3, 0.4) is 0 Å². The number of benzene rings is 2. The molecule has 2 rings (SSSR count). The third-order valence-corrected chi connectivity index (χ3v) is 4.09. The van der Waals surface area contributed by atoms with Crippen molar-refractivity contribution in [3.05, 3.63) is 59.2 Å². The summed E-state index contributed by atoms with van der Waals surface area (Å²) >= 11 is 0. The molecular formula is C20H24N2O3. The lowest BCUT2D eigenvalue weighted by Gasteiger charge is -2.10. The number of ether oxygens (including phenoxy) is 1. The number of carbonyl (C=O) groups is 2. The molecule has 0 saturated heterocycles. The lowest BCUT2D eigenvalue weighted by Crippen LogP contribution is -2.29. The highest BCUT2D eigenvalue weighted by Gasteiger charge is 2.11. The number of carbonyl (C=O) groups excluding carboxylic acids is 2. The molecule has 0 heterocycles. The van der Waals surface area contributed by atoms with Crippen molar-refractivity contribution < 1.29 is 14.3 Å². The minimum absolute atomic E-state index is 0.185. The average molecular weight is 340 g/mol. The topological polar surface area (TPSA) is 67.4 Å². The monoisotopic (exact) mass is 340 g/mol. The van der Waals surface area contributed by atoms with Gasteiger partial charge in [-0.1, -0.05) is 24.3 Å². The molecule has 2 aromatic rings. The van der Waals surface area contributed by atoms with Crippen LogP contribution in [0.15, 0.2) is 42.5 Å². The van der Waals surface area contributed by atoms with Crippen molar-refractivity contribution >= 4 is 17.5 Å². The molecule has 0 saturated carbocycles. The molecule has 0 aromatic heterocycles. The summed E-state index contributed by atoms with van der Waals surface area (Å²) in [5.41, 5.74) is 3.95. The third kappa shape index (κ3) is 5.64. The second-order valence-corrected chi connectivity index (χ2v) is 5.92. The third-order valence-electron chi connectivity index (χ3n) is 4.09. The van der Waals surface area contributed by atoms with Gasteiger partial charge in [-0.2, -0.15) is 0 Å². The van der Waals surface area contributed by atoms with Crippen molar-refractivity contribution in [1.82, 2.24) is 5.32 Å². The minimum atomic E-state index is -0.310. The Balaban J connectivity index is 1.75. The maximum Gasteiger partial charge on any atom is 0.233 e. The highest BCUT2D eigenvalue weighted by Crippen LogP contribution is 2.18. The molecule has 2 amide bonds. The van der Waals surface area contributed by atoms with E-state index in [2.05, 4.69) is 10.6 Å². The van der Waals surface area contributed by atoms with Crippen LogP contribution in [0, 0.1) is 13.8 Å². The first-order chi connectivity index (χ1) is 12.0. The largest absolute Gasteiger partial charge is 0.497 e. The van der Waals surface area contributed by atoms with E-state index in [1.165, 1.54) is 0 Å². The predicted octanol–water partition coefficient (Wildman–Crippen LogP) is 3.00. The van der Waals surface area contributed by atoms with Gasteiger partial charge in [-0.15, -0.1) is 0 Å². The molecule has 0 atom stereocenters. The van der Waals surface area contributed by atoms with Gasteiger partial charge in [-0.05, 0) is 55.2 Å². The van der Waals surface area contributed by atoms with Crippen molar-refractivity contribution in [2.45, 2.75) is 26.7 Å². The first kappa shape index (κ1) is 18.5. The molecule has 2 aromatic carbocycles. The Morgan fingerprint density at radius 2 is 1.72 bits per heavy atom. The summed E-state index contributed by atoms with van der Waals surface area (Å²) in [4.78, 5) is 23.9. The van der Waals surface area contributed by atoms with E-state index < -0.39 is 0 Å². The van der Waals surface area contributed by atoms with Gasteiger partial charge < -0.3 is 15.4 Å². The number of anilines is 1. The highest BCUT2D eigenvalue weighted by atomic mass is 16.5. The van der Waals surface area contributed by atoms with Crippen molar-refractivity contribution in [3.8, 4) is 5.75 Å². The number of rotatable bonds is 7. The van der Waals surface area contributed by atoms with Gasteiger partial charge in [-0.25, -0.2) is 0 Å². The zero-order chi connectivity index (χ0) is 18.2. The van der Waals surface area contributed by atoms with Gasteiger partial charge in [0.05, 0.1) is 7.11 Å². The Bertz CT molecular complexity index is 739. The van der Waals surface area contributed by atoms with Crippen LogP contribution >= 0.6 is 0 Å². The molecule has 0 aliphatic heterocycles. The van der Waals surface area contributed by atoms with Crippen LogP contribution in [0.1, 0.15) is 23.1 Å². The zero-order valence-corrected chi connectivity index (χ0v) is 14.9. The fourth-order valence-corrected chi connectivity index (χ4v) is 2.43. The van der Waals surface area contributed by atoms with E-state index in [-0.39, 0.29) is 18.2 Å². The molecule has 25 heavy (non-hydrogen) atoms. The van der Waals surface area contributed by atoms with E-state index in [1.54, 1.807) is 7.11 Å². The number of hydrogen-bond acceptors (Lipinski definition) is 3. The number of hydrogen-bond donors (Lipinski definition) is 2. The van der Waals surface area contributed by atoms with Gasteiger partial charge in [0.1, 0.15) is 12.2 Å². The maximum atomic E-state index is 12.0. The van der Waals surface area contributed by atoms with Crippen molar-refractivity contribution in [2.75, 3.05) is 19.0 Å². The van der Waals surface area contributed by atoms with Crippen LogP contribution in [0.4, 0.5) is 5.69 Å². The molecule has 0 spiro atoms. The summed E-state index contributed by atoms with van der Waals surface area (Å²) < 4.78 is 5.11. The fraction of sp³-hybridized carbons (Fsp3) is 0.300. The van der Waals surface area contributed by atoms with E-state index in [1.807, 2.05) is 56.3 Å². The second kappa shape index (κ2) is 8.87. The van der Waals surface area contributed by atoms with Gasteiger partial charge in [0, 0.05) is 12.2 Å². The SMILES string of the molecule is COc1ccc(CCNC(=O)CC(=O)Nc2cccc(C)c2C)cc1. The van der Waals surface area contributed by atoms with Crippen LogP contribution in [-0.2, 0) is 16.0 Å². The summed E-state index contributed by atoms with van der Waals surface area (Å²) in [5, 5.41) is 5.56. The van der Waals surface area contributed by atoms with Gasteiger partial charge in [0.15, 0.2) is 0 Å². The molecule has 0 aliphatic carbocycles. The Labute approximate surface area is 148 Å². The predicted molar refractivity (Wildman–Crippen MR) is 98.9 cm³/mol. The van der Waals surface area contributed by atoms with Gasteiger partial charge in [0.2, 0.25) is 11.8 Å². The van der Waals surface area contributed by atoms with Crippen LogP contribution in [0.25, 0.3) is 0 Å². The smallest absolute Gasteiger partial charge is 0.233 e. The highest BCUT2D eigenvalue weighted by molar-refractivity contribution is 6.03. The Morgan fingerprint density at radius 3 is 2.40 bits per heavy atom. The van der Waals surface area contributed by atoms with Crippen molar-refractivity contribution in [3.63, 3.8) is 0 Å². The van der Waals surface area contributed by atoms with Crippen LogP contribution in [0.5, 0.6) is 5.75 Å². The van der Waals surface area contributed by atoms with Crippen LogP contribution in [-0.4, -0.2) is 25.5 Å². The quantitative estimate of drug-likeness (QED) is 0.762. The number of amides is 2. The fourth-order valence-electron chi connectivity index (χ4n) is 2.43. The summed E-state index contributed by atoms with van der Waals surface area (Å²) in [6.07, 6.45) is 0.518. The maximum absolute atomic E-state index is 12.0. The van der Waals surface area contributed by atoms with Crippen LogP contribution < -0.4 is 15.4 Å². The first-order valence-corrected chi connectivity index (χ1v) is 8.25. The lowest BCUT2D eigenvalue weighted by molar-refractivity contribution is -0.126.